The van der Waals surface area contributed by atoms with Gasteiger partial charge in [0.25, 0.3) is 0 Å². The molecule has 14 heavy (non-hydrogen) atoms. The molecule has 0 saturated carbocycles. The third-order valence-electron chi connectivity index (χ3n) is 2.01. The first-order valence-electron chi connectivity index (χ1n) is 4.89. The molecule has 0 radical (unpaired) electrons. The maximum atomic E-state index is 11.4. The Morgan fingerprint density at radius 3 is 2.86 bits per heavy atom. The topological polar surface area (TPSA) is 46.9 Å². The van der Waals surface area contributed by atoms with Crippen LogP contribution in [0.25, 0.3) is 0 Å². The molecule has 1 amide bonds. The summed E-state index contributed by atoms with van der Waals surface area (Å²) in [6, 6.07) is 1.94. The fourth-order valence-corrected chi connectivity index (χ4v) is 1.32. The van der Waals surface area contributed by atoms with Gasteiger partial charge < -0.3 is 5.32 Å². The Morgan fingerprint density at radius 1 is 1.64 bits per heavy atom. The number of aryl methyl sites for hydroxylation is 2. The van der Waals surface area contributed by atoms with Crippen LogP contribution in [0.2, 0.25) is 0 Å². The summed E-state index contributed by atoms with van der Waals surface area (Å²) in [5.41, 5.74) is 1.90. The Bertz CT molecular complexity index is 317. The van der Waals surface area contributed by atoms with Crippen molar-refractivity contribution in [3.8, 4) is 0 Å². The van der Waals surface area contributed by atoms with Crippen molar-refractivity contribution in [1.82, 2.24) is 15.1 Å². The molecule has 0 bridgehead atoms. The lowest BCUT2D eigenvalue weighted by atomic mass is 10.2. The first-order valence-corrected chi connectivity index (χ1v) is 4.89. The second-order valence-electron chi connectivity index (χ2n) is 3.43. The molecular weight excluding hydrogens is 178 g/mol. The summed E-state index contributed by atoms with van der Waals surface area (Å²) in [6.45, 7) is 4.71. The van der Waals surface area contributed by atoms with E-state index in [0.717, 1.165) is 24.4 Å². The first-order chi connectivity index (χ1) is 6.63. The van der Waals surface area contributed by atoms with Gasteiger partial charge in [0.1, 0.15) is 0 Å². The van der Waals surface area contributed by atoms with Gasteiger partial charge in [-0.1, -0.05) is 6.92 Å². The largest absolute Gasteiger partial charge is 0.356 e. The molecule has 0 aliphatic heterocycles. The van der Waals surface area contributed by atoms with E-state index in [-0.39, 0.29) is 5.91 Å². The third kappa shape index (κ3) is 2.87. The first kappa shape index (κ1) is 10.8. The Kier molecular flexibility index (Phi) is 3.68. The molecule has 0 aliphatic rings. The summed E-state index contributed by atoms with van der Waals surface area (Å²) in [5, 5.41) is 7.02. The van der Waals surface area contributed by atoms with Gasteiger partial charge in [-0.25, -0.2) is 0 Å². The number of nitrogens with one attached hydrogen (secondary N) is 1. The van der Waals surface area contributed by atoms with Crippen molar-refractivity contribution in [3.63, 3.8) is 0 Å². The van der Waals surface area contributed by atoms with E-state index in [2.05, 4.69) is 10.4 Å². The van der Waals surface area contributed by atoms with E-state index in [0.29, 0.717) is 6.42 Å². The van der Waals surface area contributed by atoms with E-state index in [1.54, 1.807) is 4.68 Å². The van der Waals surface area contributed by atoms with Crippen molar-refractivity contribution >= 4 is 5.91 Å². The van der Waals surface area contributed by atoms with Crippen LogP contribution in [0.5, 0.6) is 0 Å². The van der Waals surface area contributed by atoms with E-state index >= 15 is 0 Å². The molecule has 1 aromatic rings. The summed E-state index contributed by atoms with van der Waals surface area (Å²) in [5.74, 6) is 0.0647. The van der Waals surface area contributed by atoms with E-state index in [9.17, 15) is 4.79 Å². The van der Waals surface area contributed by atoms with Gasteiger partial charge in [-0.3, -0.25) is 9.48 Å². The molecule has 0 saturated heterocycles. The lowest BCUT2D eigenvalue weighted by Gasteiger charge is -2.03. The van der Waals surface area contributed by atoms with Crippen molar-refractivity contribution in [2.75, 3.05) is 6.54 Å². The van der Waals surface area contributed by atoms with Crippen LogP contribution in [-0.2, 0) is 18.3 Å². The summed E-state index contributed by atoms with van der Waals surface area (Å²) < 4.78 is 1.75. The zero-order chi connectivity index (χ0) is 10.6. The van der Waals surface area contributed by atoms with Crippen LogP contribution in [0.3, 0.4) is 0 Å². The molecule has 1 heterocycles. The number of aromatic nitrogens is 2. The fraction of sp³-hybridized carbons (Fsp3) is 0.600. The van der Waals surface area contributed by atoms with E-state index < -0.39 is 0 Å². The average Bonchev–Trinajstić information content (AvgIpc) is 2.42. The van der Waals surface area contributed by atoms with E-state index in [1.807, 2.05) is 27.0 Å². The lowest BCUT2D eigenvalue weighted by Crippen LogP contribution is -2.26. The van der Waals surface area contributed by atoms with Crippen molar-refractivity contribution in [2.45, 2.75) is 26.7 Å². The second-order valence-corrected chi connectivity index (χ2v) is 3.43. The number of amides is 1. The van der Waals surface area contributed by atoms with Gasteiger partial charge in [0, 0.05) is 19.3 Å². The predicted molar refractivity (Wildman–Crippen MR) is 54.9 cm³/mol. The van der Waals surface area contributed by atoms with Crippen molar-refractivity contribution in [3.05, 3.63) is 17.5 Å². The maximum absolute atomic E-state index is 11.4. The third-order valence-corrected chi connectivity index (χ3v) is 2.01. The molecule has 0 spiro atoms. The highest BCUT2D eigenvalue weighted by atomic mass is 16.1. The molecule has 0 aliphatic carbocycles. The smallest absolute Gasteiger partial charge is 0.226 e. The highest BCUT2D eigenvalue weighted by Crippen LogP contribution is 2.02. The van der Waals surface area contributed by atoms with Gasteiger partial charge in [-0.15, -0.1) is 0 Å². The molecular formula is C10H17N3O. The Hall–Kier alpha value is -1.32. The minimum Gasteiger partial charge on any atom is -0.356 e. The zero-order valence-electron chi connectivity index (χ0n) is 9.00. The molecule has 1 rings (SSSR count). The summed E-state index contributed by atoms with van der Waals surface area (Å²) in [7, 11) is 1.86. The lowest BCUT2D eigenvalue weighted by molar-refractivity contribution is -0.120. The molecule has 1 N–H and O–H groups in total. The average molecular weight is 195 g/mol. The Balaban J connectivity index is 2.51. The standard InChI is InChI=1S/C10H17N3O/c1-4-5-11-10(14)7-9-6-8(2)12-13(9)3/h6H,4-5,7H2,1-3H3,(H,11,14). The zero-order valence-corrected chi connectivity index (χ0v) is 9.00. The molecule has 1 aromatic heterocycles. The van der Waals surface area contributed by atoms with Crippen molar-refractivity contribution in [1.29, 1.82) is 0 Å². The molecule has 4 nitrogen and oxygen atoms in total. The number of hydrogen-bond donors (Lipinski definition) is 1. The number of nitrogens with zero attached hydrogens (tertiary/aromatic N) is 2. The van der Waals surface area contributed by atoms with Gasteiger partial charge in [0.15, 0.2) is 0 Å². The Labute approximate surface area is 84.3 Å². The summed E-state index contributed by atoms with van der Waals surface area (Å²) in [6.07, 6.45) is 1.38. The van der Waals surface area contributed by atoms with Crippen LogP contribution in [0.4, 0.5) is 0 Å². The van der Waals surface area contributed by atoms with Crippen LogP contribution < -0.4 is 5.32 Å². The fourth-order valence-electron chi connectivity index (χ4n) is 1.32. The van der Waals surface area contributed by atoms with Gasteiger partial charge in [-0.05, 0) is 19.4 Å². The SMILES string of the molecule is CCCNC(=O)Cc1cc(C)nn1C. The van der Waals surface area contributed by atoms with Gasteiger partial charge in [-0.2, -0.15) is 5.10 Å². The number of rotatable bonds is 4. The summed E-state index contributed by atoms with van der Waals surface area (Å²) in [4.78, 5) is 11.4. The molecule has 0 atom stereocenters. The monoisotopic (exact) mass is 195 g/mol. The van der Waals surface area contributed by atoms with Gasteiger partial charge in [0.05, 0.1) is 12.1 Å². The number of hydrogen-bond acceptors (Lipinski definition) is 2. The van der Waals surface area contributed by atoms with Gasteiger partial charge >= 0.3 is 0 Å². The van der Waals surface area contributed by atoms with Crippen LogP contribution in [-0.4, -0.2) is 22.2 Å². The van der Waals surface area contributed by atoms with E-state index in [4.69, 9.17) is 0 Å². The predicted octanol–water partition coefficient (Wildman–Crippen LogP) is 0.797. The van der Waals surface area contributed by atoms with Crippen LogP contribution in [0.15, 0.2) is 6.07 Å². The minimum absolute atomic E-state index is 0.0647. The highest BCUT2D eigenvalue weighted by molar-refractivity contribution is 5.78. The molecule has 0 aromatic carbocycles. The van der Waals surface area contributed by atoms with Crippen LogP contribution in [0.1, 0.15) is 24.7 Å². The number of carbonyl (C=O) groups is 1. The van der Waals surface area contributed by atoms with Crippen molar-refractivity contribution < 1.29 is 4.79 Å². The highest BCUT2D eigenvalue weighted by Gasteiger charge is 2.06. The Morgan fingerprint density at radius 2 is 2.36 bits per heavy atom. The molecule has 4 heteroatoms. The van der Waals surface area contributed by atoms with Crippen LogP contribution in [0, 0.1) is 6.92 Å². The van der Waals surface area contributed by atoms with Crippen molar-refractivity contribution in [2.24, 2.45) is 7.05 Å². The second kappa shape index (κ2) is 4.79. The molecule has 0 unspecified atom stereocenters. The quantitative estimate of drug-likeness (QED) is 0.772. The minimum atomic E-state index is 0.0647. The van der Waals surface area contributed by atoms with Crippen LogP contribution >= 0.6 is 0 Å². The number of carbonyl (C=O) groups excluding carboxylic acids is 1. The normalized spacial score (nSPS) is 10.2. The maximum Gasteiger partial charge on any atom is 0.226 e. The molecule has 0 fully saturated rings. The molecule has 78 valence electrons. The van der Waals surface area contributed by atoms with Gasteiger partial charge in [0.2, 0.25) is 5.91 Å². The summed E-state index contributed by atoms with van der Waals surface area (Å²) >= 11 is 0. The van der Waals surface area contributed by atoms with E-state index in [1.165, 1.54) is 0 Å².